The molecule has 1 heterocycles. The highest BCUT2D eigenvalue weighted by Crippen LogP contribution is 2.31. The quantitative estimate of drug-likeness (QED) is 0.652. The van der Waals surface area contributed by atoms with Gasteiger partial charge in [-0.3, -0.25) is 10.1 Å². The number of non-ortho nitro benzene ring substituents is 1. The molecule has 1 aliphatic rings. The van der Waals surface area contributed by atoms with Crippen molar-refractivity contribution in [1.82, 2.24) is 9.62 Å². The lowest BCUT2D eigenvalue weighted by Gasteiger charge is -2.36. The van der Waals surface area contributed by atoms with Crippen molar-refractivity contribution >= 4 is 15.7 Å². The second-order valence-electron chi connectivity index (χ2n) is 5.33. The molecular weight excluding hydrogens is 310 g/mol. The molecule has 122 valence electrons. The van der Waals surface area contributed by atoms with Crippen LogP contribution in [0.2, 0.25) is 0 Å². The summed E-state index contributed by atoms with van der Waals surface area (Å²) in [4.78, 5) is 10.1. The second-order valence-corrected chi connectivity index (χ2v) is 7.18. The predicted molar refractivity (Wildman–Crippen MR) is 80.5 cm³/mol. The maximum Gasteiger partial charge on any atom is 0.271 e. The normalized spacial score (nSPS) is 23.2. The molecule has 0 saturated carbocycles. The Balaban J connectivity index is 2.52. The summed E-state index contributed by atoms with van der Waals surface area (Å²) in [5, 5.41) is 14.1. The van der Waals surface area contributed by atoms with E-state index in [-0.39, 0.29) is 28.4 Å². The molecule has 0 aliphatic carbocycles. The highest BCUT2D eigenvalue weighted by Gasteiger charge is 2.36. The number of hydrogen-bond donors (Lipinski definition) is 1. The highest BCUT2D eigenvalue weighted by atomic mass is 32.2. The monoisotopic (exact) mass is 329 g/mol. The van der Waals surface area contributed by atoms with E-state index in [2.05, 4.69) is 5.32 Å². The number of benzene rings is 1. The highest BCUT2D eigenvalue weighted by molar-refractivity contribution is 7.89. The van der Waals surface area contributed by atoms with Crippen molar-refractivity contribution < 1.29 is 18.1 Å². The number of methoxy groups -OCH3 is 1. The predicted octanol–water partition coefficient (Wildman–Crippen LogP) is 0.974. The van der Waals surface area contributed by atoms with Crippen LogP contribution in [0.4, 0.5) is 5.69 Å². The molecule has 0 amide bonds. The largest absolute Gasteiger partial charge is 0.495 e. The summed E-state index contributed by atoms with van der Waals surface area (Å²) < 4.78 is 32.2. The van der Waals surface area contributed by atoms with Crippen molar-refractivity contribution in [2.45, 2.75) is 30.8 Å². The Morgan fingerprint density at radius 1 is 1.41 bits per heavy atom. The van der Waals surface area contributed by atoms with Crippen molar-refractivity contribution in [2.24, 2.45) is 0 Å². The summed E-state index contributed by atoms with van der Waals surface area (Å²) in [7, 11) is -2.54. The first kappa shape index (κ1) is 16.7. The molecular formula is C13H19N3O5S. The molecule has 0 spiro atoms. The van der Waals surface area contributed by atoms with Crippen LogP contribution in [0.25, 0.3) is 0 Å². The number of nitrogens with zero attached hydrogens (tertiary/aromatic N) is 2. The molecule has 1 aliphatic heterocycles. The number of sulfonamides is 1. The van der Waals surface area contributed by atoms with Crippen molar-refractivity contribution in [3.8, 4) is 5.75 Å². The van der Waals surface area contributed by atoms with Crippen LogP contribution in [0.1, 0.15) is 13.8 Å². The van der Waals surface area contributed by atoms with Crippen LogP contribution in [0.5, 0.6) is 5.75 Å². The van der Waals surface area contributed by atoms with Gasteiger partial charge in [0.15, 0.2) is 0 Å². The van der Waals surface area contributed by atoms with Gasteiger partial charge in [-0.1, -0.05) is 0 Å². The molecule has 1 aromatic carbocycles. The number of nitro benzene ring substituents is 1. The fourth-order valence-electron chi connectivity index (χ4n) is 2.43. The molecule has 22 heavy (non-hydrogen) atoms. The van der Waals surface area contributed by atoms with Crippen LogP contribution in [-0.2, 0) is 10.0 Å². The average molecular weight is 329 g/mol. The van der Waals surface area contributed by atoms with E-state index in [1.807, 2.05) is 6.92 Å². The SMILES string of the molecule is COc1ccc([N+](=O)[O-])cc1S(=O)(=O)N1CC(C)NCC1C. The third-order valence-corrected chi connectivity index (χ3v) is 5.65. The summed E-state index contributed by atoms with van der Waals surface area (Å²) in [5.41, 5.74) is -0.282. The number of piperazine rings is 1. The Morgan fingerprint density at radius 3 is 2.68 bits per heavy atom. The maximum atomic E-state index is 12.9. The van der Waals surface area contributed by atoms with Crippen LogP contribution in [0.15, 0.2) is 23.1 Å². The summed E-state index contributed by atoms with van der Waals surface area (Å²) in [6, 6.07) is 3.34. The van der Waals surface area contributed by atoms with Gasteiger partial charge in [-0.25, -0.2) is 8.42 Å². The molecule has 2 rings (SSSR count). The van der Waals surface area contributed by atoms with Gasteiger partial charge in [-0.2, -0.15) is 4.31 Å². The van der Waals surface area contributed by atoms with E-state index < -0.39 is 14.9 Å². The Kier molecular flexibility index (Phi) is 4.69. The molecule has 8 nitrogen and oxygen atoms in total. The minimum absolute atomic E-state index is 0.00988. The molecule has 1 fully saturated rings. The number of ether oxygens (including phenoxy) is 1. The van der Waals surface area contributed by atoms with Gasteiger partial charge in [0.25, 0.3) is 5.69 Å². The van der Waals surface area contributed by atoms with Crippen molar-refractivity contribution in [2.75, 3.05) is 20.2 Å². The van der Waals surface area contributed by atoms with Gasteiger partial charge < -0.3 is 10.1 Å². The molecule has 1 aromatic rings. The summed E-state index contributed by atoms with van der Waals surface area (Å²) in [5.74, 6) is 0.101. The Bertz CT molecular complexity index is 676. The number of nitrogens with one attached hydrogen (secondary N) is 1. The Morgan fingerprint density at radius 2 is 2.09 bits per heavy atom. The zero-order chi connectivity index (χ0) is 16.5. The molecule has 9 heteroatoms. The molecule has 1 N–H and O–H groups in total. The molecule has 2 atom stereocenters. The van der Waals surface area contributed by atoms with E-state index in [0.717, 1.165) is 6.07 Å². The third-order valence-electron chi connectivity index (χ3n) is 3.65. The van der Waals surface area contributed by atoms with E-state index in [1.165, 1.54) is 23.5 Å². The van der Waals surface area contributed by atoms with Gasteiger partial charge in [-0.15, -0.1) is 0 Å². The standard InChI is InChI=1S/C13H19N3O5S/c1-9-8-15(10(2)7-14-9)22(19,20)13-6-11(16(17)18)4-5-12(13)21-3/h4-6,9-10,14H,7-8H2,1-3H3. The minimum Gasteiger partial charge on any atom is -0.495 e. The van der Waals surface area contributed by atoms with Crippen molar-refractivity contribution in [3.05, 3.63) is 28.3 Å². The second kappa shape index (κ2) is 6.19. The zero-order valence-corrected chi connectivity index (χ0v) is 13.5. The topological polar surface area (TPSA) is 102 Å². The van der Waals surface area contributed by atoms with Crippen molar-refractivity contribution in [1.29, 1.82) is 0 Å². The van der Waals surface area contributed by atoms with E-state index >= 15 is 0 Å². The summed E-state index contributed by atoms with van der Waals surface area (Å²) in [6.07, 6.45) is 0. The average Bonchev–Trinajstić information content (AvgIpc) is 2.48. The first-order chi connectivity index (χ1) is 10.3. The third kappa shape index (κ3) is 3.06. The lowest BCUT2D eigenvalue weighted by molar-refractivity contribution is -0.385. The lowest BCUT2D eigenvalue weighted by atomic mass is 10.2. The molecule has 0 bridgehead atoms. The fraction of sp³-hybridized carbons (Fsp3) is 0.538. The van der Waals surface area contributed by atoms with E-state index in [4.69, 9.17) is 4.74 Å². The Labute approximate surface area is 129 Å². The first-order valence-electron chi connectivity index (χ1n) is 6.85. The van der Waals surface area contributed by atoms with Gasteiger partial charge in [0.05, 0.1) is 12.0 Å². The molecule has 0 radical (unpaired) electrons. The van der Waals surface area contributed by atoms with E-state index in [0.29, 0.717) is 13.1 Å². The number of hydrogen-bond acceptors (Lipinski definition) is 6. The van der Waals surface area contributed by atoms with Crippen LogP contribution in [0.3, 0.4) is 0 Å². The van der Waals surface area contributed by atoms with Crippen molar-refractivity contribution in [3.63, 3.8) is 0 Å². The van der Waals surface area contributed by atoms with E-state index in [1.54, 1.807) is 6.92 Å². The van der Waals surface area contributed by atoms with Crippen LogP contribution >= 0.6 is 0 Å². The first-order valence-corrected chi connectivity index (χ1v) is 8.29. The minimum atomic E-state index is -3.88. The Hall–Kier alpha value is -1.71. The molecule has 0 aromatic heterocycles. The summed E-state index contributed by atoms with van der Waals surface area (Å²) >= 11 is 0. The lowest BCUT2D eigenvalue weighted by Crippen LogP contribution is -2.56. The number of rotatable bonds is 4. The van der Waals surface area contributed by atoms with Crippen LogP contribution in [0, 0.1) is 10.1 Å². The maximum absolute atomic E-state index is 12.9. The van der Waals surface area contributed by atoms with Gasteiger partial charge in [0.2, 0.25) is 10.0 Å². The van der Waals surface area contributed by atoms with Crippen LogP contribution < -0.4 is 10.1 Å². The van der Waals surface area contributed by atoms with Gasteiger partial charge >= 0.3 is 0 Å². The van der Waals surface area contributed by atoms with E-state index in [9.17, 15) is 18.5 Å². The summed E-state index contributed by atoms with van der Waals surface area (Å²) in [6.45, 7) is 4.51. The fourth-order valence-corrected chi connectivity index (χ4v) is 4.33. The smallest absolute Gasteiger partial charge is 0.271 e. The molecule has 2 unspecified atom stereocenters. The van der Waals surface area contributed by atoms with Gasteiger partial charge in [-0.05, 0) is 19.9 Å². The number of nitro groups is 1. The molecule has 1 saturated heterocycles. The zero-order valence-electron chi connectivity index (χ0n) is 12.6. The van der Waals surface area contributed by atoms with Crippen LogP contribution in [-0.4, -0.2) is 49.9 Å². The van der Waals surface area contributed by atoms with Gasteiger partial charge in [0.1, 0.15) is 10.6 Å². The van der Waals surface area contributed by atoms with Gasteiger partial charge in [0, 0.05) is 37.3 Å².